The third-order valence-corrected chi connectivity index (χ3v) is 6.07. The molecular weight excluding hydrogens is 454 g/mol. The number of nitrogens with one attached hydrogen (secondary N) is 1. The maximum absolute atomic E-state index is 6.59. The van der Waals surface area contributed by atoms with E-state index in [9.17, 15) is 0 Å². The number of halogens is 1. The molecule has 1 aliphatic rings. The van der Waals surface area contributed by atoms with Gasteiger partial charge in [-0.3, -0.25) is 4.90 Å². The minimum absolute atomic E-state index is 0.443. The van der Waals surface area contributed by atoms with Gasteiger partial charge in [0, 0.05) is 36.8 Å². The number of benzene rings is 2. The molecule has 1 fully saturated rings. The van der Waals surface area contributed by atoms with E-state index in [1.807, 2.05) is 36.4 Å². The minimum Gasteiger partial charge on any atom is -0.496 e. The van der Waals surface area contributed by atoms with Crippen LogP contribution in [0.15, 0.2) is 48.5 Å². The van der Waals surface area contributed by atoms with E-state index in [0.29, 0.717) is 45.8 Å². The molecule has 34 heavy (non-hydrogen) atoms. The second-order valence-corrected chi connectivity index (χ2v) is 8.39. The number of aromatic nitrogens is 4. The molecule has 0 spiro atoms. The first-order chi connectivity index (χ1) is 16.6. The molecule has 0 amide bonds. The van der Waals surface area contributed by atoms with Crippen LogP contribution in [0.25, 0.3) is 28.0 Å². The molecule has 0 unspecified atom stereocenters. The van der Waals surface area contributed by atoms with Crippen LogP contribution in [-0.2, 0) is 4.74 Å². The van der Waals surface area contributed by atoms with E-state index < -0.39 is 0 Å². The molecule has 0 saturated carbocycles. The summed E-state index contributed by atoms with van der Waals surface area (Å²) in [6.45, 7) is 4.95. The summed E-state index contributed by atoms with van der Waals surface area (Å²) in [6.07, 6.45) is 0. The summed E-state index contributed by atoms with van der Waals surface area (Å²) in [6, 6.07) is 15.0. The van der Waals surface area contributed by atoms with Crippen LogP contribution in [-0.4, -0.2) is 71.2 Å². The number of hydrogen-bond donors (Lipinski definition) is 2. The number of morpholine rings is 1. The van der Waals surface area contributed by atoms with Crippen molar-refractivity contribution in [2.45, 2.75) is 0 Å². The minimum atomic E-state index is 0.443. The normalized spacial score (nSPS) is 14.4. The average molecular weight is 480 g/mol. The largest absolute Gasteiger partial charge is 0.496 e. The van der Waals surface area contributed by atoms with Crippen molar-refractivity contribution in [1.82, 2.24) is 24.6 Å². The molecule has 2 aromatic heterocycles. The maximum atomic E-state index is 6.59. The zero-order valence-corrected chi connectivity index (χ0v) is 19.6. The van der Waals surface area contributed by atoms with Gasteiger partial charge in [0.25, 0.3) is 0 Å². The summed E-state index contributed by atoms with van der Waals surface area (Å²) in [5.41, 5.74) is 9.35. The Morgan fingerprint density at radius 3 is 2.62 bits per heavy atom. The van der Waals surface area contributed by atoms with Gasteiger partial charge in [-0.1, -0.05) is 23.7 Å². The molecule has 2 aromatic carbocycles. The second kappa shape index (κ2) is 9.84. The van der Waals surface area contributed by atoms with E-state index in [0.717, 1.165) is 44.1 Å². The highest BCUT2D eigenvalue weighted by Gasteiger charge is 2.21. The highest BCUT2D eigenvalue weighted by atomic mass is 35.5. The second-order valence-electron chi connectivity index (χ2n) is 7.95. The van der Waals surface area contributed by atoms with E-state index in [1.165, 1.54) is 0 Å². The fourth-order valence-corrected chi connectivity index (χ4v) is 4.18. The maximum Gasteiger partial charge on any atom is 0.225 e. The molecule has 0 radical (unpaired) electrons. The first kappa shape index (κ1) is 22.4. The van der Waals surface area contributed by atoms with Crippen molar-refractivity contribution < 1.29 is 9.47 Å². The number of nitrogens with zero attached hydrogens (tertiary/aromatic N) is 5. The van der Waals surface area contributed by atoms with Crippen LogP contribution in [0.4, 0.5) is 11.8 Å². The lowest BCUT2D eigenvalue weighted by Crippen LogP contribution is -2.39. The molecule has 4 aromatic rings. The molecule has 0 bridgehead atoms. The Labute approximate surface area is 202 Å². The van der Waals surface area contributed by atoms with Crippen molar-refractivity contribution in [3.05, 3.63) is 53.6 Å². The zero-order valence-electron chi connectivity index (χ0n) is 18.9. The Morgan fingerprint density at radius 2 is 1.85 bits per heavy atom. The van der Waals surface area contributed by atoms with E-state index in [2.05, 4.69) is 15.2 Å². The van der Waals surface area contributed by atoms with Crippen LogP contribution in [0.3, 0.4) is 0 Å². The third-order valence-electron chi connectivity index (χ3n) is 5.82. The summed E-state index contributed by atoms with van der Waals surface area (Å²) in [4.78, 5) is 11.9. The smallest absolute Gasteiger partial charge is 0.225 e. The van der Waals surface area contributed by atoms with Crippen molar-refractivity contribution in [1.29, 1.82) is 0 Å². The van der Waals surface area contributed by atoms with Gasteiger partial charge in [0.05, 0.1) is 37.1 Å². The Kier molecular flexibility index (Phi) is 6.48. The van der Waals surface area contributed by atoms with E-state index in [4.69, 9.17) is 36.9 Å². The Hall–Kier alpha value is -3.40. The standard InChI is InChI=1S/C24H26ClN7O2/c1-33-19-5-3-2-4-18(19)21-20-22(26)32(17-8-6-16(25)7-9-17)30-23(20)29-24(28-21)27-10-11-31-12-14-34-15-13-31/h2-9H,10-15,26H2,1H3,(H,27,29,30). The quantitative estimate of drug-likeness (QED) is 0.415. The number of rotatable bonds is 7. The first-order valence-corrected chi connectivity index (χ1v) is 11.5. The lowest BCUT2D eigenvalue weighted by Gasteiger charge is -2.26. The summed E-state index contributed by atoms with van der Waals surface area (Å²) < 4.78 is 12.7. The fraction of sp³-hybridized carbons (Fsp3) is 0.292. The molecule has 5 rings (SSSR count). The van der Waals surface area contributed by atoms with Gasteiger partial charge in [-0.05, 0) is 36.4 Å². The predicted octanol–water partition coefficient (Wildman–Crippen LogP) is 3.47. The van der Waals surface area contributed by atoms with Crippen LogP contribution in [0, 0.1) is 0 Å². The zero-order chi connectivity index (χ0) is 23.5. The van der Waals surface area contributed by atoms with E-state index >= 15 is 0 Å². The van der Waals surface area contributed by atoms with Gasteiger partial charge in [-0.25, -0.2) is 9.67 Å². The lowest BCUT2D eigenvalue weighted by atomic mass is 10.1. The fourth-order valence-electron chi connectivity index (χ4n) is 4.06. The molecule has 0 aliphatic carbocycles. The summed E-state index contributed by atoms with van der Waals surface area (Å²) >= 11 is 6.07. The van der Waals surface area contributed by atoms with Crippen molar-refractivity contribution in [3.63, 3.8) is 0 Å². The summed E-state index contributed by atoms with van der Waals surface area (Å²) in [7, 11) is 1.64. The van der Waals surface area contributed by atoms with Gasteiger partial charge < -0.3 is 20.5 Å². The average Bonchev–Trinajstić information content (AvgIpc) is 3.21. The number of fused-ring (bicyclic) bond motifs is 1. The number of hydrogen-bond acceptors (Lipinski definition) is 8. The number of anilines is 2. The SMILES string of the molecule is COc1ccccc1-c1nc(NCCN2CCOCC2)nc2nn(-c3ccc(Cl)cc3)c(N)c12. The van der Waals surface area contributed by atoms with Gasteiger partial charge >= 0.3 is 0 Å². The number of para-hydroxylation sites is 1. The van der Waals surface area contributed by atoms with E-state index in [-0.39, 0.29) is 0 Å². The molecular formula is C24H26ClN7O2. The predicted molar refractivity (Wildman–Crippen MR) is 134 cm³/mol. The lowest BCUT2D eigenvalue weighted by molar-refractivity contribution is 0.0398. The molecule has 1 aliphatic heterocycles. The Balaban J connectivity index is 1.56. The number of ether oxygens (including phenoxy) is 2. The van der Waals surface area contributed by atoms with Crippen LogP contribution < -0.4 is 15.8 Å². The highest BCUT2D eigenvalue weighted by molar-refractivity contribution is 6.30. The molecule has 3 N–H and O–H groups in total. The van der Waals surface area contributed by atoms with Gasteiger partial charge in [0.1, 0.15) is 11.6 Å². The monoisotopic (exact) mass is 479 g/mol. The highest BCUT2D eigenvalue weighted by Crippen LogP contribution is 2.37. The Bertz CT molecular complexity index is 1290. The molecule has 176 valence electrons. The third kappa shape index (κ3) is 4.50. The molecule has 9 nitrogen and oxygen atoms in total. The van der Waals surface area contributed by atoms with E-state index in [1.54, 1.807) is 23.9 Å². The number of nitrogens with two attached hydrogens (primary N) is 1. The summed E-state index contributed by atoms with van der Waals surface area (Å²) in [5, 5.41) is 9.36. The van der Waals surface area contributed by atoms with Gasteiger partial charge in [0.2, 0.25) is 5.95 Å². The van der Waals surface area contributed by atoms with Gasteiger partial charge in [-0.15, -0.1) is 5.10 Å². The summed E-state index contributed by atoms with van der Waals surface area (Å²) in [5.74, 6) is 1.63. The molecule has 10 heteroatoms. The number of methoxy groups -OCH3 is 1. The molecule has 0 atom stereocenters. The van der Waals surface area contributed by atoms with Crippen molar-refractivity contribution in [3.8, 4) is 22.7 Å². The van der Waals surface area contributed by atoms with Gasteiger partial charge in [-0.2, -0.15) is 4.98 Å². The molecule has 1 saturated heterocycles. The molecule has 3 heterocycles. The van der Waals surface area contributed by atoms with Crippen molar-refractivity contribution in [2.75, 3.05) is 57.6 Å². The van der Waals surface area contributed by atoms with Crippen LogP contribution in [0.5, 0.6) is 5.75 Å². The Morgan fingerprint density at radius 1 is 1.09 bits per heavy atom. The number of nitrogen functional groups attached to an aromatic ring is 1. The topological polar surface area (TPSA) is 103 Å². The van der Waals surface area contributed by atoms with Crippen LogP contribution >= 0.6 is 11.6 Å². The van der Waals surface area contributed by atoms with Crippen molar-refractivity contribution in [2.24, 2.45) is 0 Å². The van der Waals surface area contributed by atoms with Crippen molar-refractivity contribution >= 4 is 34.4 Å². The first-order valence-electron chi connectivity index (χ1n) is 11.1. The van der Waals surface area contributed by atoms with Crippen LogP contribution in [0.1, 0.15) is 0 Å². The van der Waals surface area contributed by atoms with Gasteiger partial charge in [0.15, 0.2) is 5.65 Å². The van der Waals surface area contributed by atoms with Crippen LogP contribution in [0.2, 0.25) is 5.02 Å².